The van der Waals surface area contributed by atoms with Crippen LogP contribution in [-0.2, 0) is 4.79 Å². The summed E-state index contributed by atoms with van der Waals surface area (Å²) < 4.78 is 0. The van der Waals surface area contributed by atoms with Crippen LogP contribution in [0.4, 0.5) is 0 Å². The lowest BCUT2D eigenvalue weighted by Gasteiger charge is -2.54. The number of carboxylic acids is 1. The van der Waals surface area contributed by atoms with E-state index in [1.807, 2.05) is 0 Å². The molecule has 0 spiro atoms. The number of rotatable bonds is 4. The van der Waals surface area contributed by atoms with E-state index in [9.17, 15) is 4.79 Å². The van der Waals surface area contributed by atoms with Gasteiger partial charge < -0.3 is 10.4 Å². The highest BCUT2D eigenvalue weighted by Crippen LogP contribution is 2.39. The van der Waals surface area contributed by atoms with Crippen LogP contribution in [0.2, 0.25) is 0 Å². The maximum absolute atomic E-state index is 10.7. The summed E-state index contributed by atoms with van der Waals surface area (Å²) in [6.07, 6.45) is 7.58. The van der Waals surface area contributed by atoms with Gasteiger partial charge in [-0.05, 0) is 70.0 Å². The van der Waals surface area contributed by atoms with Crippen molar-refractivity contribution in [2.24, 2.45) is 11.8 Å². The van der Waals surface area contributed by atoms with Gasteiger partial charge in [-0.1, -0.05) is 0 Å². The summed E-state index contributed by atoms with van der Waals surface area (Å²) in [4.78, 5) is 13.4. The zero-order chi connectivity index (χ0) is 13.2. The Morgan fingerprint density at radius 3 is 2.84 bits per heavy atom. The molecular weight excluding hydrogens is 240 g/mol. The molecule has 3 rings (SSSR count). The number of aliphatic carboxylic acids is 1. The van der Waals surface area contributed by atoms with Gasteiger partial charge in [0, 0.05) is 18.5 Å². The number of nitrogens with zero attached hydrogens (tertiary/aromatic N) is 1. The first-order valence-electron chi connectivity index (χ1n) is 7.95. The molecule has 19 heavy (non-hydrogen) atoms. The molecule has 0 aromatic carbocycles. The van der Waals surface area contributed by atoms with Crippen LogP contribution >= 0.6 is 0 Å². The van der Waals surface area contributed by atoms with Crippen molar-refractivity contribution in [2.75, 3.05) is 19.6 Å². The van der Waals surface area contributed by atoms with Gasteiger partial charge in [0.15, 0.2) is 0 Å². The van der Waals surface area contributed by atoms with Crippen LogP contribution in [0.5, 0.6) is 0 Å². The van der Waals surface area contributed by atoms with E-state index in [0.717, 1.165) is 37.3 Å². The third-order valence-electron chi connectivity index (χ3n) is 5.41. The summed E-state index contributed by atoms with van der Waals surface area (Å²) in [5.41, 5.74) is 0. The average Bonchev–Trinajstić information content (AvgIpc) is 2.41. The Balaban J connectivity index is 1.62. The SMILES string of the molecule is O=C(O)CCC[C@H]1NC[C@@H]2CCCN3CCC[C@H]1[C@@H]23. The third-order valence-corrected chi connectivity index (χ3v) is 5.41. The molecular formula is C15H26N2O2. The number of hydrogen-bond acceptors (Lipinski definition) is 3. The molecule has 4 nitrogen and oxygen atoms in total. The lowest BCUT2D eigenvalue weighted by Crippen LogP contribution is -2.63. The zero-order valence-corrected chi connectivity index (χ0v) is 11.7. The van der Waals surface area contributed by atoms with Gasteiger partial charge in [-0.3, -0.25) is 9.69 Å². The topological polar surface area (TPSA) is 52.6 Å². The monoisotopic (exact) mass is 266 g/mol. The van der Waals surface area contributed by atoms with Crippen molar-refractivity contribution in [1.82, 2.24) is 10.2 Å². The van der Waals surface area contributed by atoms with Gasteiger partial charge >= 0.3 is 5.97 Å². The maximum Gasteiger partial charge on any atom is 0.303 e. The Hall–Kier alpha value is -0.610. The molecule has 0 bridgehead atoms. The Kier molecular flexibility index (Phi) is 4.08. The Morgan fingerprint density at radius 1 is 1.26 bits per heavy atom. The fraction of sp³-hybridized carbons (Fsp3) is 0.933. The van der Waals surface area contributed by atoms with E-state index in [1.165, 1.54) is 38.8 Å². The first-order chi connectivity index (χ1) is 9.25. The van der Waals surface area contributed by atoms with Gasteiger partial charge in [-0.25, -0.2) is 0 Å². The predicted molar refractivity (Wildman–Crippen MR) is 74.1 cm³/mol. The van der Waals surface area contributed by atoms with Crippen LogP contribution in [0.25, 0.3) is 0 Å². The minimum absolute atomic E-state index is 0.322. The van der Waals surface area contributed by atoms with E-state index in [4.69, 9.17) is 5.11 Å². The molecule has 2 N–H and O–H groups in total. The van der Waals surface area contributed by atoms with Crippen molar-refractivity contribution >= 4 is 5.97 Å². The number of carbonyl (C=O) groups is 1. The van der Waals surface area contributed by atoms with Gasteiger partial charge in [-0.2, -0.15) is 0 Å². The summed E-state index contributed by atoms with van der Waals surface area (Å²) in [6.45, 7) is 3.73. The molecule has 3 saturated heterocycles. The molecule has 0 saturated carbocycles. The second kappa shape index (κ2) is 5.80. The van der Waals surface area contributed by atoms with Crippen molar-refractivity contribution in [1.29, 1.82) is 0 Å². The van der Waals surface area contributed by atoms with Gasteiger partial charge in [0.1, 0.15) is 0 Å². The highest BCUT2D eigenvalue weighted by atomic mass is 16.4. The minimum atomic E-state index is -0.656. The molecule has 0 radical (unpaired) electrons. The summed E-state index contributed by atoms with van der Waals surface area (Å²) in [5, 5.41) is 12.5. The van der Waals surface area contributed by atoms with Crippen molar-refractivity contribution in [3.05, 3.63) is 0 Å². The highest BCUT2D eigenvalue weighted by molar-refractivity contribution is 5.66. The van der Waals surface area contributed by atoms with Crippen molar-refractivity contribution in [3.8, 4) is 0 Å². The quantitative estimate of drug-likeness (QED) is 0.813. The first kappa shape index (κ1) is 13.4. The molecule has 3 heterocycles. The average molecular weight is 266 g/mol. The number of nitrogens with one attached hydrogen (secondary N) is 1. The van der Waals surface area contributed by atoms with Crippen LogP contribution < -0.4 is 5.32 Å². The molecule has 0 aliphatic carbocycles. The summed E-state index contributed by atoms with van der Waals surface area (Å²) in [7, 11) is 0. The van der Waals surface area contributed by atoms with Gasteiger partial charge in [0.2, 0.25) is 0 Å². The van der Waals surface area contributed by atoms with E-state index in [2.05, 4.69) is 10.2 Å². The van der Waals surface area contributed by atoms with Crippen LogP contribution in [0, 0.1) is 11.8 Å². The molecule has 0 amide bonds. The van der Waals surface area contributed by atoms with Crippen LogP contribution in [-0.4, -0.2) is 47.7 Å². The normalized spacial score (nSPS) is 38.7. The molecule has 3 aliphatic heterocycles. The molecule has 0 aromatic heterocycles. The Labute approximate surface area is 115 Å². The molecule has 0 aromatic rings. The summed E-state index contributed by atoms with van der Waals surface area (Å²) in [6, 6.07) is 1.35. The van der Waals surface area contributed by atoms with Crippen LogP contribution in [0.15, 0.2) is 0 Å². The fourth-order valence-corrected chi connectivity index (χ4v) is 4.66. The van der Waals surface area contributed by atoms with Crippen LogP contribution in [0.3, 0.4) is 0 Å². The van der Waals surface area contributed by atoms with Gasteiger partial charge in [0.25, 0.3) is 0 Å². The van der Waals surface area contributed by atoms with Crippen molar-refractivity contribution < 1.29 is 9.90 Å². The molecule has 3 fully saturated rings. The lowest BCUT2D eigenvalue weighted by molar-refractivity contribution is -0.137. The maximum atomic E-state index is 10.7. The van der Waals surface area contributed by atoms with Gasteiger partial charge in [0.05, 0.1) is 0 Å². The fourth-order valence-electron chi connectivity index (χ4n) is 4.66. The third kappa shape index (κ3) is 2.79. The molecule has 3 aliphatic rings. The van der Waals surface area contributed by atoms with Crippen molar-refractivity contribution in [3.63, 3.8) is 0 Å². The number of hydrogen-bond donors (Lipinski definition) is 2. The molecule has 0 unspecified atom stereocenters. The first-order valence-corrected chi connectivity index (χ1v) is 7.95. The predicted octanol–water partition coefficient (Wildman–Crippen LogP) is 1.70. The second-order valence-corrected chi connectivity index (χ2v) is 6.54. The van der Waals surface area contributed by atoms with E-state index in [0.29, 0.717) is 12.5 Å². The standard InChI is InChI=1S/C15H26N2O2/c18-14(19)7-1-6-13-12-5-3-9-17-8-2-4-11(10-16-13)15(12)17/h11-13,15-16H,1-10H2,(H,18,19)/t11-,12+,13+,15+/m0/s1. The van der Waals surface area contributed by atoms with Crippen LogP contribution in [0.1, 0.15) is 44.9 Å². The van der Waals surface area contributed by atoms with E-state index < -0.39 is 5.97 Å². The summed E-state index contributed by atoms with van der Waals surface area (Å²) >= 11 is 0. The highest BCUT2D eigenvalue weighted by Gasteiger charge is 2.45. The minimum Gasteiger partial charge on any atom is -0.481 e. The van der Waals surface area contributed by atoms with Gasteiger partial charge in [-0.15, -0.1) is 0 Å². The van der Waals surface area contributed by atoms with E-state index >= 15 is 0 Å². The van der Waals surface area contributed by atoms with E-state index in [1.54, 1.807) is 0 Å². The second-order valence-electron chi connectivity index (χ2n) is 6.54. The zero-order valence-electron chi connectivity index (χ0n) is 11.7. The Bertz CT molecular complexity index is 325. The Morgan fingerprint density at radius 2 is 2.05 bits per heavy atom. The molecule has 4 heteroatoms. The molecule has 108 valence electrons. The van der Waals surface area contributed by atoms with Crippen molar-refractivity contribution in [2.45, 2.75) is 57.0 Å². The number of carboxylic acid groups (broad SMARTS) is 1. The smallest absolute Gasteiger partial charge is 0.303 e. The lowest BCUT2D eigenvalue weighted by atomic mass is 9.70. The largest absolute Gasteiger partial charge is 0.481 e. The van der Waals surface area contributed by atoms with E-state index in [-0.39, 0.29) is 0 Å². The number of piperidine rings is 3. The molecule has 4 atom stereocenters. The summed E-state index contributed by atoms with van der Waals surface area (Å²) in [5.74, 6) is 0.952.